The lowest BCUT2D eigenvalue weighted by molar-refractivity contribution is 0.102. The van der Waals surface area contributed by atoms with Crippen LogP contribution in [0.15, 0.2) is 114 Å². The van der Waals surface area contributed by atoms with Gasteiger partial charge >= 0.3 is 0 Å². The van der Waals surface area contributed by atoms with Crippen molar-refractivity contribution >= 4 is 38.9 Å². The molecule has 33 heavy (non-hydrogen) atoms. The molecule has 4 rings (SSSR count). The number of nitrogens with zero attached hydrogens (tertiary/aromatic N) is 1. The van der Waals surface area contributed by atoms with E-state index < -0.39 is 15.9 Å². The smallest absolute Gasteiger partial charge is 0.264 e. The summed E-state index contributed by atoms with van der Waals surface area (Å²) in [5.41, 5.74) is 1.82. The Bertz CT molecular complexity index is 1360. The van der Waals surface area contributed by atoms with Crippen LogP contribution in [0.2, 0.25) is 5.02 Å². The first kappa shape index (κ1) is 22.6. The van der Waals surface area contributed by atoms with Gasteiger partial charge in [0.15, 0.2) is 0 Å². The molecule has 4 aromatic carbocycles. The van der Waals surface area contributed by atoms with Crippen molar-refractivity contribution < 1.29 is 13.2 Å². The van der Waals surface area contributed by atoms with E-state index in [1.54, 1.807) is 78.9 Å². The number of anilines is 2. The molecular formula is C26H21ClN2O3S. The minimum atomic E-state index is -3.96. The third-order valence-electron chi connectivity index (χ3n) is 5.00. The van der Waals surface area contributed by atoms with E-state index >= 15 is 0 Å². The quantitative estimate of drug-likeness (QED) is 0.356. The number of sulfonamides is 1. The predicted molar refractivity (Wildman–Crippen MR) is 132 cm³/mol. The number of amides is 1. The molecule has 4 aromatic rings. The molecule has 0 spiro atoms. The number of hydrogen-bond acceptors (Lipinski definition) is 3. The fourth-order valence-electron chi connectivity index (χ4n) is 3.42. The highest BCUT2D eigenvalue weighted by atomic mass is 35.5. The number of halogens is 1. The van der Waals surface area contributed by atoms with Gasteiger partial charge in [-0.3, -0.25) is 9.10 Å². The van der Waals surface area contributed by atoms with Crippen LogP contribution in [-0.2, 0) is 16.6 Å². The first-order chi connectivity index (χ1) is 15.9. The molecular weight excluding hydrogens is 456 g/mol. The van der Waals surface area contributed by atoms with Gasteiger partial charge in [-0.05, 0) is 48.0 Å². The van der Waals surface area contributed by atoms with E-state index in [4.69, 9.17) is 11.6 Å². The lowest BCUT2D eigenvalue weighted by Gasteiger charge is -2.26. The van der Waals surface area contributed by atoms with Gasteiger partial charge in [0.05, 0.1) is 22.7 Å². The van der Waals surface area contributed by atoms with Gasteiger partial charge in [-0.2, -0.15) is 0 Å². The zero-order valence-electron chi connectivity index (χ0n) is 17.6. The van der Waals surface area contributed by atoms with Crippen LogP contribution >= 0.6 is 11.6 Å². The average Bonchev–Trinajstić information content (AvgIpc) is 2.84. The van der Waals surface area contributed by atoms with Crippen LogP contribution in [0.3, 0.4) is 0 Å². The summed E-state index contributed by atoms with van der Waals surface area (Å²) in [6.07, 6.45) is 0. The minimum Gasteiger partial charge on any atom is -0.322 e. The van der Waals surface area contributed by atoms with E-state index in [0.717, 1.165) is 5.56 Å². The molecule has 0 aliphatic carbocycles. The SMILES string of the molecule is O=C(Nc1cccc(Cl)c1)c1ccccc1N(Cc1ccccc1)S(=O)(=O)c1ccccc1. The Kier molecular flexibility index (Phi) is 6.77. The fourth-order valence-corrected chi connectivity index (χ4v) is 5.10. The topological polar surface area (TPSA) is 66.5 Å². The van der Waals surface area contributed by atoms with Gasteiger partial charge in [0.1, 0.15) is 0 Å². The van der Waals surface area contributed by atoms with Gasteiger partial charge in [-0.15, -0.1) is 0 Å². The van der Waals surface area contributed by atoms with Crippen molar-refractivity contribution in [1.29, 1.82) is 0 Å². The van der Waals surface area contributed by atoms with Gasteiger partial charge in [0.25, 0.3) is 15.9 Å². The Balaban J connectivity index is 1.78. The third-order valence-corrected chi connectivity index (χ3v) is 7.01. The number of benzene rings is 4. The van der Waals surface area contributed by atoms with Crippen LogP contribution in [0.5, 0.6) is 0 Å². The van der Waals surface area contributed by atoms with E-state index in [2.05, 4.69) is 5.32 Å². The number of carbonyl (C=O) groups excluding carboxylic acids is 1. The van der Waals surface area contributed by atoms with Crippen molar-refractivity contribution in [3.63, 3.8) is 0 Å². The largest absolute Gasteiger partial charge is 0.322 e. The number of carbonyl (C=O) groups is 1. The van der Waals surface area contributed by atoms with Crippen LogP contribution in [0, 0.1) is 0 Å². The zero-order valence-corrected chi connectivity index (χ0v) is 19.1. The molecule has 0 fully saturated rings. The lowest BCUT2D eigenvalue weighted by atomic mass is 10.1. The summed E-state index contributed by atoms with van der Waals surface area (Å²) >= 11 is 6.04. The van der Waals surface area contributed by atoms with Gasteiger partial charge in [-0.1, -0.05) is 78.3 Å². The Morgan fingerprint density at radius 1 is 0.788 bits per heavy atom. The zero-order chi connectivity index (χ0) is 23.3. The summed E-state index contributed by atoms with van der Waals surface area (Å²) in [4.78, 5) is 13.3. The van der Waals surface area contributed by atoms with Crippen LogP contribution in [0.4, 0.5) is 11.4 Å². The summed E-state index contributed by atoms with van der Waals surface area (Å²) in [5, 5.41) is 3.29. The lowest BCUT2D eigenvalue weighted by Crippen LogP contribution is -2.32. The Morgan fingerprint density at radius 2 is 1.42 bits per heavy atom. The van der Waals surface area contributed by atoms with Crippen LogP contribution in [0.25, 0.3) is 0 Å². The standard InChI is InChI=1S/C26H21ClN2O3S/c27-21-12-9-13-22(18-21)28-26(30)24-16-7-8-17-25(24)29(19-20-10-3-1-4-11-20)33(31,32)23-14-5-2-6-15-23/h1-18H,19H2,(H,28,30). The fraction of sp³-hybridized carbons (Fsp3) is 0.0385. The van der Waals surface area contributed by atoms with Crippen LogP contribution < -0.4 is 9.62 Å². The number of para-hydroxylation sites is 1. The molecule has 7 heteroatoms. The van der Waals surface area contributed by atoms with Crippen LogP contribution in [-0.4, -0.2) is 14.3 Å². The molecule has 0 aromatic heterocycles. The van der Waals surface area contributed by atoms with Crippen molar-refractivity contribution in [2.24, 2.45) is 0 Å². The Labute approximate surface area is 198 Å². The molecule has 0 aliphatic rings. The summed E-state index contributed by atoms with van der Waals surface area (Å²) in [6, 6.07) is 30.9. The summed E-state index contributed by atoms with van der Waals surface area (Å²) < 4.78 is 28.7. The molecule has 0 heterocycles. The number of hydrogen-bond donors (Lipinski definition) is 1. The highest BCUT2D eigenvalue weighted by Gasteiger charge is 2.28. The second-order valence-electron chi connectivity index (χ2n) is 7.29. The van der Waals surface area contributed by atoms with E-state index in [1.807, 2.05) is 30.3 Å². The predicted octanol–water partition coefficient (Wildman–Crippen LogP) is 5.99. The number of nitrogens with one attached hydrogen (secondary N) is 1. The first-order valence-electron chi connectivity index (χ1n) is 10.2. The Hall–Kier alpha value is -3.61. The summed E-state index contributed by atoms with van der Waals surface area (Å²) in [6.45, 7) is 0.0690. The van der Waals surface area contributed by atoms with Crippen molar-refractivity contribution in [1.82, 2.24) is 0 Å². The molecule has 5 nitrogen and oxygen atoms in total. The monoisotopic (exact) mass is 476 g/mol. The molecule has 1 N–H and O–H groups in total. The van der Waals surface area contributed by atoms with Gasteiger partial charge in [-0.25, -0.2) is 8.42 Å². The molecule has 0 bridgehead atoms. The van der Waals surface area contributed by atoms with Crippen molar-refractivity contribution in [3.05, 3.63) is 125 Å². The molecule has 0 aliphatic heterocycles. The van der Waals surface area contributed by atoms with E-state index in [-0.39, 0.29) is 22.7 Å². The van der Waals surface area contributed by atoms with E-state index in [1.165, 1.54) is 4.31 Å². The molecule has 0 unspecified atom stereocenters. The van der Waals surface area contributed by atoms with Crippen LogP contribution in [0.1, 0.15) is 15.9 Å². The van der Waals surface area contributed by atoms with Crippen molar-refractivity contribution in [3.8, 4) is 0 Å². The minimum absolute atomic E-state index is 0.0690. The molecule has 166 valence electrons. The first-order valence-corrected chi connectivity index (χ1v) is 12.0. The second-order valence-corrected chi connectivity index (χ2v) is 9.59. The molecule has 0 saturated heterocycles. The highest BCUT2D eigenvalue weighted by Crippen LogP contribution is 2.30. The third kappa shape index (κ3) is 5.25. The maximum atomic E-state index is 13.7. The van der Waals surface area contributed by atoms with Gasteiger partial charge in [0, 0.05) is 10.7 Å². The molecule has 0 radical (unpaired) electrons. The molecule has 1 amide bonds. The summed E-state index contributed by atoms with van der Waals surface area (Å²) in [5.74, 6) is -0.436. The Morgan fingerprint density at radius 3 is 2.12 bits per heavy atom. The van der Waals surface area contributed by atoms with Crippen molar-refractivity contribution in [2.75, 3.05) is 9.62 Å². The van der Waals surface area contributed by atoms with E-state index in [9.17, 15) is 13.2 Å². The normalized spacial score (nSPS) is 11.1. The summed E-state index contributed by atoms with van der Waals surface area (Å²) in [7, 11) is -3.96. The van der Waals surface area contributed by atoms with Gasteiger partial charge in [0.2, 0.25) is 0 Å². The second kappa shape index (κ2) is 9.90. The average molecular weight is 477 g/mol. The molecule has 0 saturated carbocycles. The van der Waals surface area contributed by atoms with E-state index in [0.29, 0.717) is 10.7 Å². The maximum absolute atomic E-state index is 13.7. The number of rotatable bonds is 7. The molecule has 0 atom stereocenters. The maximum Gasteiger partial charge on any atom is 0.264 e. The highest BCUT2D eigenvalue weighted by molar-refractivity contribution is 7.92. The van der Waals surface area contributed by atoms with Crippen molar-refractivity contribution in [2.45, 2.75) is 11.4 Å². The van der Waals surface area contributed by atoms with Gasteiger partial charge < -0.3 is 5.32 Å².